The molecule has 4 aromatic heterocycles. The second kappa shape index (κ2) is 14.0. The van der Waals surface area contributed by atoms with E-state index >= 15 is 0 Å². The number of benzene rings is 9. The van der Waals surface area contributed by atoms with Gasteiger partial charge in [-0.2, -0.15) is 0 Å². The van der Waals surface area contributed by atoms with E-state index in [0.717, 1.165) is 32.5 Å². The van der Waals surface area contributed by atoms with E-state index in [1.807, 2.05) is 66.7 Å². The second-order valence-corrected chi connectivity index (χ2v) is 14.6. The molecule has 9 aromatic carbocycles. The molecular weight excluding hydrogens is 773 g/mol. The zero-order chi connectivity index (χ0) is 56.2. The largest absolute Gasteiger partial charge is 0.456 e. The highest BCUT2D eigenvalue weighted by molar-refractivity contribution is 6.14. The third-order valence-electron chi connectivity index (χ3n) is 11.0. The van der Waals surface area contributed by atoms with Gasteiger partial charge in [-0.3, -0.25) is 0 Å². The number of aromatic nitrogens is 4. The van der Waals surface area contributed by atoms with Crippen molar-refractivity contribution in [2.45, 2.75) is 0 Å². The number of furan rings is 2. The van der Waals surface area contributed by atoms with E-state index in [-0.39, 0.29) is 67.0 Å². The molecule has 0 aliphatic carbocycles. The van der Waals surface area contributed by atoms with Crippen LogP contribution in [0.4, 0.5) is 0 Å². The average Bonchev–Trinajstić information content (AvgIpc) is 4.34. The van der Waals surface area contributed by atoms with Gasteiger partial charge < -0.3 is 13.4 Å². The standard InChI is InChI=1S/C57H34N4O2/c1-4-14-35(15-5-1)38-26-29-43-42-20-10-11-23-47(42)61(49(43)32-38)48-24-12-22-45-44-30-27-39(33-51(44)63-54(45)48)56-58-55(37-18-8-3-9-19-37)59-57(60-56)40-28-31-46-52(34-40)62-50-25-13-21-41(53(46)50)36-16-6-2-7-17-36/h1-34H/i1D,4D,5D,10D,11D,12D,14D,15D,20D,22D,23D,26D,27D,29D,30D,32D,33D. The monoisotopic (exact) mass is 823 g/mol. The van der Waals surface area contributed by atoms with Crippen molar-refractivity contribution in [3.63, 3.8) is 0 Å². The summed E-state index contributed by atoms with van der Waals surface area (Å²) in [7, 11) is 0. The summed E-state index contributed by atoms with van der Waals surface area (Å²) in [5, 5.41) is 0.501. The van der Waals surface area contributed by atoms with Crippen molar-refractivity contribution in [2.24, 2.45) is 0 Å². The molecule has 0 N–H and O–H groups in total. The molecule has 13 aromatic rings. The minimum Gasteiger partial charge on any atom is -0.456 e. The zero-order valence-corrected chi connectivity index (χ0v) is 32.4. The average molecular weight is 824 g/mol. The van der Waals surface area contributed by atoms with Gasteiger partial charge in [0.05, 0.1) is 40.0 Å². The lowest BCUT2D eigenvalue weighted by atomic mass is 9.99. The van der Waals surface area contributed by atoms with E-state index in [1.54, 1.807) is 30.3 Å². The van der Waals surface area contributed by atoms with Crippen molar-refractivity contribution in [3.05, 3.63) is 206 Å². The van der Waals surface area contributed by atoms with Gasteiger partial charge in [-0.1, -0.05) is 157 Å². The lowest BCUT2D eigenvalue weighted by Gasteiger charge is -2.09. The van der Waals surface area contributed by atoms with Gasteiger partial charge in [0.15, 0.2) is 23.1 Å². The van der Waals surface area contributed by atoms with Crippen LogP contribution in [0.5, 0.6) is 0 Å². The molecule has 294 valence electrons. The first-order valence-electron chi connectivity index (χ1n) is 28.2. The highest BCUT2D eigenvalue weighted by Gasteiger charge is 2.21. The molecule has 0 bridgehead atoms. The summed E-state index contributed by atoms with van der Waals surface area (Å²) in [4.78, 5) is 14.5. The number of rotatable bonds is 6. The predicted molar refractivity (Wildman–Crippen MR) is 256 cm³/mol. The third kappa shape index (κ3) is 5.69. The van der Waals surface area contributed by atoms with Crippen molar-refractivity contribution in [1.29, 1.82) is 0 Å². The van der Waals surface area contributed by atoms with Gasteiger partial charge in [-0.05, 0) is 70.7 Å². The van der Waals surface area contributed by atoms with Crippen molar-refractivity contribution in [2.75, 3.05) is 0 Å². The molecule has 4 heterocycles. The van der Waals surface area contributed by atoms with Crippen molar-refractivity contribution in [1.82, 2.24) is 19.5 Å². The highest BCUT2D eigenvalue weighted by atomic mass is 16.3. The van der Waals surface area contributed by atoms with Crippen LogP contribution in [-0.4, -0.2) is 19.5 Å². The van der Waals surface area contributed by atoms with Gasteiger partial charge in [-0.15, -0.1) is 0 Å². The summed E-state index contributed by atoms with van der Waals surface area (Å²) in [6.45, 7) is 0. The van der Waals surface area contributed by atoms with Crippen LogP contribution in [0.1, 0.15) is 23.3 Å². The number of hydrogen-bond donors (Lipinski definition) is 0. The lowest BCUT2D eigenvalue weighted by molar-refractivity contribution is 0.666. The van der Waals surface area contributed by atoms with E-state index in [2.05, 4.69) is 0 Å². The fourth-order valence-electron chi connectivity index (χ4n) is 8.14. The molecular formula is C57H34N4O2. The zero-order valence-electron chi connectivity index (χ0n) is 49.4. The molecule has 0 unspecified atom stereocenters. The molecule has 6 heteroatoms. The molecule has 63 heavy (non-hydrogen) atoms. The van der Waals surface area contributed by atoms with Gasteiger partial charge in [0, 0.05) is 49.0 Å². The maximum atomic E-state index is 9.82. The lowest BCUT2D eigenvalue weighted by Crippen LogP contribution is -2.00. The minimum atomic E-state index is -0.797. The summed E-state index contributed by atoms with van der Waals surface area (Å²) in [6, 6.07) is 19.5. The van der Waals surface area contributed by atoms with E-state index in [0.29, 0.717) is 22.3 Å². The van der Waals surface area contributed by atoms with Crippen LogP contribution in [0.2, 0.25) is 0 Å². The van der Waals surface area contributed by atoms with E-state index < -0.39 is 119 Å². The van der Waals surface area contributed by atoms with Gasteiger partial charge in [0.2, 0.25) is 0 Å². The molecule has 0 amide bonds. The summed E-state index contributed by atoms with van der Waals surface area (Å²) in [6.07, 6.45) is 0. The fourth-order valence-corrected chi connectivity index (χ4v) is 8.14. The molecule has 6 nitrogen and oxygen atoms in total. The minimum absolute atomic E-state index is 0.124. The Morgan fingerprint density at radius 1 is 0.397 bits per heavy atom. The number of nitrogens with zero attached hydrogens (tertiary/aromatic N) is 4. The van der Waals surface area contributed by atoms with Crippen molar-refractivity contribution in [3.8, 4) is 62.1 Å². The molecule has 0 saturated heterocycles. The Morgan fingerprint density at radius 2 is 1.10 bits per heavy atom. The maximum Gasteiger partial charge on any atom is 0.164 e. The van der Waals surface area contributed by atoms with Gasteiger partial charge in [-0.25, -0.2) is 15.0 Å². The molecule has 0 spiro atoms. The van der Waals surface area contributed by atoms with Crippen LogP contribution in [0.3, 0.4) is 0 Å². The Kier molecular flexibility index (Phi) is 4.95. The van der Waals surface area contributed by atoms with Crippen LogP contribution in [-0.2, 0) is 0 Å². The molecule has 0 aliphatic rings. The quantitative estimate of drug-likeness (QED) is 0.167. The maximum absolute atomic E-state index is 9.82. The second-order valence-electron chi connectivity index (χ2n) is 14.6. The van der Waals surface area contributed by atoms with Crippen LogP contribution >= 0.6 is 0 Å². The SMILES string of the molecule is [2H]c1cc(-n2c3c([2H])c([2H])c([2H])c([2H])c3c3c([2H])c([2H])c(-c4c([2H])c([2H])c([2H])c([2H])c4[2H])c([2H])c32)c2oc3c([2H])c(-c4nc(-c5ccccc5)nc(-c5ccc6c(c5)oc5cccc(-c7ccccc7)c56)n4)c([2H])c([2H])c3c2c1[2H]. The molecule has 13 rings (SSSR count). The Morgan fingerprint density at radius 3 is 1.94 bits per heavy atom. The van der Waals surface area contributed by atoms with Crippen LogP contribution in [0.25, 0.3) is 128 Å². The smallest absolute Gasteiger partial charge is 0.164 e. The van der Waals surface area contributed by atoms with Crippen LogP contribution < -0.4 is 0 Å². The van der Waals surface area contributed by atoms with Crippen molar-refractivity contribution < 1.29 is 32.1 Å². The normalized spacial score (nSPS) is 15.6. The van der Waals surface area contributed by atoms with E-state index in [9.17, 15) is 11.0 Å². The van der Waals surface area contributed by atoms with E-state index in [1.165, 1.54) is 0 Å². The number of fused-ring (bicyclic) bond motifs is 9. The molecule has 0 atom stereocenters. The molecule has 0 saturated carbocycles. The van der Waals surface area contributed by atoms with Gasteiger partial charge in [0.1, 0.15) is 16.7 Å². The van der Waals surface area contributed by atoms with E-state index in [4.69, 9.17) is 36.1 Å². The summed E-state index contributed by atoms with van der Waals surface area (Å²) in [5.74, 6) is 0.0784. The first-order valence-corrected chi connectivity index (χ1v) is 19.7. The van der Waals surface area contributed by atoms with Crippen LogP contribution in [0.15, 0.2) is 215 Å². The molecule has 0 fully saturated rings. The van der Waals surface area contributed by atoms with Crippen molar-refractivity contribution >= 4 is 65.7 Å². The molecule has 0 aliphatic heterocycles. The van der Waals surface area contributed by atoms with Gasteiger partial charge >= 0.3 is 0 Å². The Balaban J connectivity index is 1.09. The van der Waals surface area contributed by atoms with Gasteiger partial charge in [0.25, 0.3) is 0 Å². The Bertz CT molecular complexity index is 4900. The number of para-hydroxylation sites is 2. The summed E-state index contributed by atoms with van der Waals surface area (Å²) >= 11 is 0. The summed E-state index contributed by atoms with van der Waals surface area (Å²) in [5.41, 5.74) is 0.886. The number of hydrogen-bond acceptors (Lipinski definition) is 5. The topological polar surface area (TPSA) is 69.9 Å². The highest BCUT2D eigenvalue weighted by Crippen LogP contribution is 2.41. The fraction of sp³-hybridized carbons (Fsp3) is 0. The Hall–Kier alpha value is -8.61. The first-order chi connectivity index (χ1) is 38.3. The molecule has 0 radical (unpaired) electrons. The predicted octanol–water partition coefficient (Wildman–Crippen LogP) is 15.1. The first kappa shape index (κ1) is 22.3. The van der Waals surface area contributed by atoms with Crippen LogP contribution in [0, 0.1) is 0 Å². The Labute approximate surface area is 384 Å². The third-order valence-corrected chi connectivity index (χ3v) is 11.0. The summed E-state index contributed by atoms with van der Waals surface area (Å²) < 4.78 is 168.